The lowest BCUT2D eigenvalue weighted by Gasteiger charge is -1.96. The fourth-order valence-electron chi connectivity index (χ4n) is 0.160. The van der Waals surface area contributed by atoms with E-state index in [-0.39, 0.29) is 9.57 Å². The van der Waals surface area contributed by atoms with Gasteiger partial charge in [0.2, 0.25) is 3.79 Å². The fraction of sp³-hybridized carbons (Fsp3) is 0.500. The first kappa shape index (κ1) is 8.03. The second kappa shape index (κ2) is 3.13. The van der Waals surface area contributed by atoms with Crippen LogP contribution in [0.4, 0.5) is 0 Å². The molecule has 0 saturated carbocycles. The van der Waals surface area contributed by atoms with Crippen molar-refractivity contribution in [3.05, 3.63) is 0 Å². The van der Waals surface area contributed by atoms with Crippen molar-refractivity contribution in [1.82, 2.24) is 0 Å². The number of carbonyl (C=O) groups excluding carboxylic acids is 2. The average Bonchev–Trinajstić information content (AvgIpc) is 1.64. The summed E-state index contributed by atoms with van der Waals surface area (Å²) in [4.78, 5) is 20.5. The normalized spacial score (nSPS) is 12.9. The number of halogens is 1. The molecule has 1 unspecified atom stereocenters. The van der Waals surface area contributed by atoms with Gasteiger partial charge >= 0.3 is 0 Å². The zero-order valence-corrected chi connectivity index (χ0v) is 6.51. The topological polar surface area (TPSA) is 60.2 Å². The van der Waals surface area contributed by atoms with Crippen LogP contribution in [0.15, 0.2) is 0 Å². The highest BCUT2D eigenvalue weighted by molar-refractivity contribution is 14.1. The average molecular weight is 227 g/mol. The Morgan fingerprint density at radius 2 is 2.00 bits per heavy atom. The van der Waals surface area contributed by atoms with Gasteiger partial charge in [0.05, 0.1) is 0 Å². The van der Waals surface area contributed by atoms with Crippen molar-refractivity contribution in [1.29, 1.82) is 0 Å². The summed E-state index contributed by atoms with van der Waals surface area (Å²) >= 11 is 1.50. The van der Waals surface area contributed by atoms with E-state index in [0.717, 1.165) is 0 Å². The lowest BCUT2D eigenvalue weighted by Crippen LogP contribution is -2.33. The van der Waals surface area contributed by atoms with Crippen molar-refractivity contribution >= 4 is 32.2 Å². The van der Waals surface area contributed by atoms with Gasteiger partial charge in [0.15, 0.2) is 5.78 Å². The van der Waals surface area contributed by atoms with Gasteiger partial charge in [-0.1, -0.05) is 0 Å². The van der Waals surface area contributed by atoms with Gasteiger partial charge in [-0.2, -0.15) is 0 Å². The Morgan fingerprint density at radius 1 is 1.62 bits per heavy atom. The van der Waals surface area contributed by atoms with Crippen molar-refractivity contribution < 1.29 is 9.59 Å². The lowest BCUT2D eigenvalue weighted by molar-refractivity contribution is -0.122. The summed E-state index contributed by atoms with van der Waals surface area (Å²) in [5.41, 5.74) is 5.05. The Hall–Kier alpha value is 0.0300. The highest BCUT2D eigenvalue weighted by Gasteiger charge is 2.13. The molecule has 0 spiro atoms. The molecule has 0 aromatic carbocycles. The molecule has 0 bridgehead atoms. The van der Waals surface area contributed by atoms with Crippen molar-refractivity contribution in [2.45, 2.75) is 13.0 Å². The van der Waals surface area contributed by atoms with Crippen LogP contribution < -0.4 is 5.73 Å². The zero-order valence-electron chi connectivity index (χ0n) is 4.35. The summed E-state index contributed by atoms with van der Waals surface area (Å²) in [6.07, 6.45) is 0. The van der Waals surface area contributed by atoms with E-state index in [0.29, 0.717) is 0 Å². The largest absolute Gasteiger partial charge is 0.315 e. The van der Waals surface area contributed by atoms with Gasteiger partial charge in [-0.25, -0.2) is 0 Å². The molecular weight excluding hydrogens is 221 g/mol. The number of Topliss-reactive ketones (excluding diaryl/α,β-unsaturated/α-hetero) is 1. The van der Waals surface area contributed by atoms with Gasteiger partial charge in [-0.05, 0) is 6.92 Å². The monoisotopic (exact) mass is 227 g/mol. The van der Waals surface area contributed by atoms with E-state index in [4.69, 9.17) is 5.73 Å². The molecule has 0 heterocycles. The maximum atomic E-state index is 10.2. The van der Waals surface area contributed by atoms with Gasteiger partial charge < -0.3 is 5.73 Å². The summed E-state index contributed by atoms with van der Waals surface area (Å²) in [6.45, 7) is 1.29. The van der Waals surface area contributed by atoms with Crippen LogP contribution in [0.25, 0.3) is 0 Å². The molecule has 0 aromatic heterocycles. The number of nitrogens with two attached hydrogens (primary N) is 1. The van der Waals surface area contributed by atoms with Crippen LogP contribution in [0.5, 0.6) is 0 Å². The molecule has 0 fully saturated rings. The quantitative estimate of drug-likeness (QED) is 0.406. The van der Waals surface area contributed by atoms with E-state index in [9.17, 15) is 9.59 Å². The molecular formula is C4H6INO2. The summed E-state index contributed by atoms with van der Waals surface area (Å²) in [7, 11) is 0. The number of hydrogen-bond donors (Lipinski definition) is 1. The third kappa shape index (κ3) is 2.37. The first-order valence-corrected chi connectivity index (χ1v) is 3.09. The van der Waals surface area contributed by atoms with Crippen molar-refractivity contribution in [3.8, 4) is 0 Å². The Bertz CT molecular complexity index is 109. The van der Waals surface area contributed by atoms with Gasteiger partial charge in [-0.15, -0.1) is 0 Å². The summed E-state index contributed by atoms with van der Waals surface area (Å²) in [6, 6.07) is -0.921. The Kier molecular flexibility index (Phi) is 3.15. The molecule has 4 heteroatoms. The first-order valence-electron chi connectivity index (χ1n) is 2.01. The summed E-state index contributed by atoms with van der Waals surface area (Å²) in [5.74, 6) is -0.288. The molecule has 0 amide bonds. The van der Waals surface area contributed by atoms with Crippen molar-refractivity contribution in [2.24, 2.45) is 5.73 Å². The maximum Gasteiger partial charge on any atom is 0.216 e. The highest BCUT2D eigenvalue weighted by atomic mass is 127. The number of carbonyl (C=O) groups is 2. The van der Waals surface area contributed by atoms with E-state index >= 15 is 0 Å². The Balaban J connectivity index is 3.83. The van der Waals surface area contributed by atoms with E-state index in [2.05, 4.69) is 0 Å². The molecule has 0 saturated heterocycles. The standard InChI is InChI=1S/C4H6INO2/c1-2(7)3(6)4(5)8/h3H,6H2,1H3. The molecule has 3 nitrogen and oxygen atoms in total. The Labute approximate surface area is 60.8 Å². The van der Waals surface area contributed by atoms with Crippen LogP contribution in [0.1, 0.15) is 6.92 Å². The zero-order chi connectivity index (χ0) is 6.73. The molecule has 8 heavy (non-hydrogen) atoms. The minimum Gasteiger partial charge on any atom is -0.315 e. The van der Waals surface area contributed by atoms with Gasteiger partial charge in [0, 0.05) is 22.6 Å². The molecule has 0 aliphatic carbocycles. The predicted octanol–water partition coefficient (Wildman–Crippen LogP) is -0.136. The molecule has 0 radical (unpaired) electrons. The maximum absolute atomic E-state index is 10.2. The van der Waals surface area contributed by atoms with Crippen molar-refractivity contribution in [2.75, 3.05) is 0 Å². The second-order valence-electron chi connectivity index (χ2n) is 1.39. The smallest absolute Gasteiger partial charge is 0.216 e. The van der Waals surface area contributed by atoms with Gasteiger partial charge in [0.1, 0.15) is 6.04 Å². The second-order valence-corrected chi connectivity index (χ2v) is 2.46. The molecule has 0 aliphatic heterocycles. The fourth-order valence-corrected chi connectivity index (χ4v) is 0.598. The lowest BCUT2D eigenvalue weighted by atomic mass is 10.2. The van der Waals surface area contributed by atoms with E-state index in [1.807, 2.05) is 0 Å². The number of rotatable bonds is 2. The molecule has 2 N–H and O–H groups in total. The molecule has 1 atom stereocenters. The van der Waals surface area contributed by atoms with Crippen LogP contribution in [0, 0.1) is 0 Å². The molecule has 0 aliphatic rings. The minimum atomic E-state index is -0.921. The van der Waals surface area contributed by atoms with Gasteiger partial charge in [0.25, 0.3) is 0 Å². The minimum absolute atomic E-state index is 0.288. The molecule has 0 aromatic rings. The van der Waals surface area contributed by atoms with Crippen LogP contribution in [-0.2, 0) is 9.59 Å². The van der Waals surface area contributed by atoms with E-state index < -0.39 is 6.04 Å². The SMILES string of the molecule is CC(=O)C(N)C(=O)I. The third-order valence-electron chi connectivity index (χ3n) is 0.682. The van der Waals surface area contributed by atoms with Gasteiger partial charge in [-0.3, -0.25) is 9.59 Å². The van der Waals surface area contributed by atoms with Crippen molar-refractivity contribution in [3.63, 3.8) is 0 Å². The first-order chi connectivity index (χ1) is 3.55. The third-order valence-corrected chi connectivity index (χ3v) is 1.35. The number of ketones is 1. The van der Waals surface area contributed by atoms with Crippen LogP contribution in [-0.4, -0.2) is 15.6 Å². The van der Waals surface area contributed by atoms with Crippen LogP contribution in [0.3, 0.4) is 0 Å². The van der Waals surface area contributed by atoms with E-state index in [1.54, 1.807) is 0 Å². The van der Waals surface area contributed by atoms with E-state index in [1.165, 1.54) is 29.5 Å². The van der Waals surface area contributed by atoms with Crippen LogP contribution >= 0.6 is 22.6 Å². The Morgan fingerprint density at radius 3 is 2.00 bits per heavy atom. The summed E-state index contributed by atoms with van der Waals surface area (Å²) < 4.78 is -0.310. The molecule has 46 valence electrons. The predicted molar refractivity (Wildman–Crippen MR) is 37.7 cm³/mol. The number of hydrogen-bond acceptors (Lipinski definition) is 3. The summed E-state index contributed by atoms with van der Waals surface area (Å²) in [5, 5.41) is 0. The molecule has 0 rings (SSSR count). The highest BCUT2D eigenvalue weighted by Crippen LogP contribution is 1.91. The van der Waals surface area contributed by atoms with Crippen LogP contribution in [0.2, 0.25) is 0 Å².